The van der Waals surface area contributed by atoms with Crippen molar-refractivity contribution in [3.63, 3.8) is 0 Å². The number of carbonyl (C=O) groups excluding carboxylic acids is 1. The zero-order valence-corrected chi connectivity index (χ0v) is 20.2. The van der Waals surface area contributed by atoms with Gasteiger partial charge in [0.25, 0.3) is 5.91 Å². The van der Waals surface area contributed by atoms with Gasteiger partial charge < -0.3 is 16.0 Å². The van der Waals surface area contributed by atoms with Gasteiger partial charge in [0.05, 0.1) is 23.1 Å². The number of H-pyrrole nitrogens is 1. The Labute approximate surface area is 205 Å². The van der Waals surface area contributed by atoms with Crippen molar-refractivity contribution in [1.29, 1.82) is 0 Å². The summed E-state index contributed by atoms with van der Waals surface area (Å²) in [5.41, 5.74) is 12.7. The van der Waals surface area contributed by atoms with E-state index < -0.39 is 0 Å². The number of benzene rings is 2. The Morgan fingerprint density at radius 2 is 1.91 bits per heavy atom. The minimum atomic E-state index is -0.292. The van der Waals surface area contributed by atoms with E-state index in [1.54, 1.807) is 12.4 Å². The quantitative estimate of drug-likeness (QED) is 0.315. The highest BCUT2D eigenvalue weighted by atomic mass is 16.1. The van der Waals surface area contributed by atoms with Crippen LogP contribution in [0.3, 0.4) is 0 Å². The van der Waals surface area contributed by atoms with Crippen LogP contribution in [0.5, 0.6) is 0 Å². The molecule has 178 valence electrons. The number of hydrogen-bond donors (Lipinski definition) is 3. The molecule has 35 heavy (non-hydrogen) atoms. The number of amides is 1. The molecule has 4 aromatic rings. The standard InChI is InChI=1S/C28H30N6O/c1-4-20(14-19(16-29)18-34(2)3)22-10-12-26-24(15-22)27(33-32-26)28(35)31-23-11-13-25(30-17-23)21-8-6-5-7-9-21/h5-17H,4,18,29H2,1-3H3,(H,31,35)(H,32,33)/b19-16+,20-14+. The molecular formula is C28H30N6O. The van der Waals surface area contributed by atoms with Crippen LogP contribution in [0.15, 0.2) is 84.7 Å². The molecule has 2 aromatic heterocycles. The number of rotatable bonds is 8. The normalized spacial score (nSPS) is 12.3. The van der Waals surface area contributed by atoms with Crippen molar-refractivity contribution in [2.45, 2.75) is 13.3 Å². The van der Waals surface area contributed by atoms with Gasteiger partial charge in [-0.3, -0.25) is 14.9 Å². The molecule has 2 aromatic carbocycles. The first-order valence-corrected chi connectivity index (χ1v) is 11.6. The van der Waals surface area contributed by atoms with Crippen LogP contribution in [0, 0.1) is 0 Å². The van der Waals surface area contributed by atoms with Gasteiger partial charge in [-0.2, -0.15) is 5.10 Å². The predicted octanol–water partition coefficient (Wildman–Crippen LogP) is 5.07. The molecule has 0 spiro atoms. The van der Waals surface area contributed by atoms with Gasteiger partial charge in [0.1, 0.15) is 0 Å². The third-order valence-electron chi connectivity index (χ3n) is 5.69. The minimum absolute atomic E-state index is 0.292. The Kier molecular flexibility index (Phi) is 7.38. The number of likely N-dealkylation sites (N-methyl/N-ethyl adjacent to an activating group) is 1. The van der Waals surface area contributed by atoms with Gasteiger partial charge in [-0.25, -0.2) is 0 Å². The van der Waals surface area contributed by atoms with Crippen LogP contribution in [0.4, 0.5) is 5.69 Å². The lowest BCUT2D eigenvalue weighted by Crippen LogP contribution is -2.15. The smallest absolute Gasteiger partial charge is 0.276 e. The van der Waals surface area contributed by atoms with Crippen LogP contribution >= 0.6 is 0 Å². The predicted molar refractivity (Wildman–Crippen MR) is 143 cm³/mol. The molecule has 0 aliphatic carbocycles. The van der Waals surface area contributed by atoms with Crippen LogP contribution in [0.2, 0.25) is 0 Å². The van der Waals surface area contributed by atoms with Crippen LogP contribution in [0.1, 0.15) is 29.4 Å². The maximum Gasteiger partial charge on any atom is 0.276 e. The Hall–Kier alpha value is -4.23. The summed E-state index contributed by atoms with van der Waals surface area (Å²) in [7, 11) is 4.02. The van der Waals surface area contributed by atoms with Crippen molar-refractivity contribution >= 4 is 28.1 Å². The number of nitrogens with one attached hydrogen (secondary N) is 2. The topological polar surface area (TPSA) is 99.9 Å². The van der Waals surface area contributed by atoms with Crippen molar-refractivity contribution in [3.05, 3.63) is 96.0 Å². The first-order chi connectivity index (χ1) is 17.0. The molecule has 4 rings (SSSR count). The summed E-state index contributed by atoms with van der Waals surface area (Å²) in [6, 6.07) is 19.6. The summed E-state index contributed by atoms with van der Waals surface area (Å²) in [5.74, 6) is -0.292. The Morgan fingerprint density at radius 3 is 2.57 bits per heavy atom. The first-order valence-electron chi connectivity index (χ1n) is 11.6. The van der Waals surface area contributed by atoms with Crippen LogP contribution in [-0.2, 0) is 0 Å². The minimum Gasteiger partial charge on any atom is -0.404 e. The van der Waals surface area contributed by atoms with E-state index >= 15 is 0 Å². The van der Waals surface area contributed by atoms with E-state index in [4.69, 9.17) is 5.73 Å². The van der Waals surface area contributed by atoms with E-state index in [-0.39, 0.29) is 5.91 Å². The average molecular weight is 467 g/mol. The molecule has 4 N–H and O–H groups in total. The van der Waals surface area contributed by atoms with E-state index in [0.717, 1.165) is 51.8 Å². The number of nitrogens with two attached hydrogens (primary N) is 1. The fourth-order valence-electron chi connectivity index (χ4n) is 3.95. The number of fused-ring (bicyclic) bond motifs is 1. The summed E-state index contributed by atoms with van der Waals surface area (Å²) < 4.78 is 0. The molecule has 0 saturated heterocycles. The molecule has 0 saturated carbocycles. The monoisotopic (exact) mass is 466 g/mol. The van der Waals surface area contributed by atoms with Crippen LogP contribution in [0.25, 0.3) is 27.7 Å². The zero-order valence-electron chi connectivity index (χ0n) is 20.2. The van der Waals surface area contributed by atoms with Crippen molar-refractivity contribution in [2.75, 3.05) is 26.0 Å². The van der Waals surface area contributed by atoms with Crippen molar-refractivity contribution in [2.24, 2.45) is 5.73 Å². The average Bonchev–Trinajstić information content (AvgIpc) is 3.31. The SMILES string of the molecule is CC/C(=C\C(=C/N)CN(C)C)c1ccc2[nH]nc(C(=O)Nc3ccc(-c4ccccc4)nc3)c2c1. The molecule has 7 heteroatoms. The number of anilines is 1. The Morgan fingerprint density at radius 1 is 1.11 bits per heavy atom. The van der Waals surface area contributed by atoms with Gasteiger partial charge in [-0.05, 0) is 67.7 Å². The highest BCUT2D eigenvalue weighted by Crippen LogP contribution is 2.26. The highest BCUT2D eigenvalue weighted by Gasteiger charge is 2.16. The molecule has 0 aliphatic rings. The van der Waals surface area contributed by atoms with Crippen molar-refractivity contribution in [1.82, 2.24) is 20.1 Å². The first kappa shape index (κ1) is 23.9. The van der Waals surface area contributed by atoms with Gasteiger partial charge in [-0.1, -0.05) is 49.4 Å². The molecule has 0 bridgehead atoms. The van der Waals surface area contributed by atoms with E-state index in [0.29, 0.717) is 11.4 Å². The largest absolute Gasteiger partial charge is 0.404 e. The fraction of sp³-hybridized carbons (Fsp3) is 0.179. The number of nitrogens with zero attached hydrogens (tertiary/aromatic N) is 3. The molecule has 7 nitrogen and oxygen atoms in total. The van der Waals surface area contributed by atoms with E-state index in [1.807, 2.05) is 74.8 Å². The number of pyridine rings is 1. The van der Waals surface area contributed by atoms with Gasteiger partial charge in [0, 0.05) is 17.5 Å². The van der Waals surface area contributed by atoms with Gasteiger partial charge in [0.2, 0.25) is 0 Å². The molecule has 0 atom stereocenters. The lowest BCUT2D eigenvalue weighted by atomic mass is 9.98. The second kappa shape index (κ2) is 10.8. The highest BCUT2D eigenvalue weighted by molar-refractivity contribution is 6.11. The van der Waals surface area contributed by atoms with Crippen molar-refractivity contribution < 1.29 is 4.79 Å². The van der Waals surface area contributed by atoms with Gasteiger partial charge in [-0.15, -0.1) is 0 Å². The summed E-state index contributed by atoms with van der Waals surface area (Å²) in [4.78, 5) is 19.6. The Balaban J connectivity index is 1.58. The second-order valence-corrected chi connectivity index (χ2v) is 8.59. The molecular weight excluding hydrogens is 436 g/mol. The molecule has 0 unspecified atom stereocenters. The number of carbonyl (C=O) groups is 1. The van der Waals surface area contributed by atoms with E-state index in [9.17, 15) is 4.79 Å². The van der Waals surface area contributed by atoms with Gasteiger partial charge >= 0.3 is 0 Å². The number of allylic oxidation sites excluding steroid dienone is 1. The molecule has 1 amide bonds. The van der Waals surface area contributed by atoms with Crippen LogP contribution in [-0.4, -0.2) is 46.6 Å². The fourth-order valence-corrected chi connectivity index (χ4v) is 3.95. The van der Waals surface area contributed by atoms with E-state index in [1.165, 1.54) is 0 Å². The summed E-state index contributed by atoms with van der Waals surface area (Å²) in [5, 5.41) is 10.9. The third kappa shape index (κ3) is 5.65. The number of hydrogen-bond acceptors (Lipinski definition) is 5. The summed E-state index contributed by atoms with van der Waals surface area (Å²) in [6.45, 7) is 2.85. The Bertz CT molecular complexity index is 1370. The lowest BCUT2D eigenvalue weighted by molar-refractivity contribution is 0.102. The number of aromatic amines is 1. The van der Waals surface area contributed by atoms with Crippen LogP contribution < -0.4 is 11.1 Å². The lowest BCUT2D eigenvalue weighted by Gasteiger charge is -2.12. The zero-order chi connectivity index (χ0) is 24.8. The molecule has 2 heterocycles. The summed E-state index contributed by atoms with van der Waals surface area (Å²) >= 11 is 0. The molecule has 0 aliphatic heterocycles. The second-order valence-electron chi connectivity index (χ2n) is 8.59. The maximum absolute atomic E-state index is 13.1. The third-order valence-corrected chi connectivity index (χ3v) is 5.69. The van der Waals surface area contributed by atoms with E-state index in [2.05, 4.69) is 38.4 Å². The van der Waals surface area contributed by atoms with Crippen molar-refractivity contribution in [3.8, 4) is 11.3 Å². The van der Waals surface area contributed by atoms with Gasteiger partial charge in [0.15, 0.2) is 5.69 Å². The summed E-state index contributed by atoms with van der Waals surface area (Å²) in [6.07, 6.45) is 6.24. The molecule has 0 radical (unpaired) electrons. The maximum atomic E-state index is 13.1. The molecule has 0 fully saturated rings. The number of aromatic nitrogens is 3.